The van der Waals surface area contributed by atoms with Crippen LogP contribution in [0.2, 0.25) is 0 Å². The first kappa shape index (κ1) is 17.4. The maximum Gasteiger partial charge on any atom is 0.241 e. The number of carbonyl (C=O) groups is 2. The van der Waals surface area contributed by atoms with E-state index in [0.29, 0.717) is 25.8 Å². The molecule has 1 fully saturated rings. The summed E-state index contributed by atoms with van der Waals surface area (Å²) >= 11 is 0. The molecule has 2 atom stereocenters. The molecule has 1 aliphatic heterocycles. The van der Waals surface area contributed by atoms with Gasteiger partial charge in [0.25, 0.3) is 0 Å². The van der Waals surface area contributed by atoms with Crippen molar-refractivity contribution in [3.63, 3.8) is 0 Å². The van der Waals surface area contributed by atoms with Crippen molar-refractivity contribution >= 4 is 21.8 Å². The number of hydrogen-bond donors (Lipinski definition) is 2. The molecule has 1 aromatic carbocycles. The van der Waals surface area contributed by atoms with E-state index in [2.05, 4.69) is 4.72 Å². The van der Waals surface area contributed by atoms with Crippen molar-refractivity contribution in [1.82, 2.24) is 9.62 Å². The van der Waals surface area contributed by atoms with Crippen LogP contribution in [-0.4, -0.2) is 43.8 Å². The first-order chi connectivity index (χ1) is 10.8. The summed E-state index contributed by atoms with van der Waals surface area (Å²) in [5, 5.41) is 0. The average molecular weight is 339 g/mol. The van der Waals surface area contributed by atoms with Crippen LogP contribution < -0.4 is 10.5 Å². The lowest BCUT2D eigenvalue weighted by molar-refractivity contribution is -0.139. The fraction of sp³-hybridized carbons (Fsp3) is 0.467. The van der Waals surface area contributed by atoms with E-state index >= 15 is 0 Å². The summed E-state index contributed by atoms with van der Waals surface area (Å²) in [4.78, 5) is 25.4. The van der Waals surface area contributed by atoms with Crippen LogP contribution in [0.1, 0.15) is 26.2 Å². The van der Waals surface area contributed by atoms with Gasteiger partial charge in [0.05, 0.1) is 4.90 Å². The van der Waals surface area contributed by atoms with Crippen molar-refractivity contribution in [2.24, 2.45) is 5.73 Å². The Labute approximate surface area is 135 Å². The van der Waals surface area contributed by atoms with Gasteiger partial charge in [0, 0.05) is 6.54 Å². The summed E-state index contributed by atoms with van der Waals surface area (Å²) in [7, 11) is -3.79. The topological polar surface area (TPSA) is 110 Å². The molecule has 2 unspecified atom stereocenters. The Hall–Kier alpha value is -1.93. The number of amides is 2. The zero-order valence-electron chi connectivity index (χ0n) is 12.9. The van der Waals surface area contributed by atoms with Gasteiger partial charge < -0.3 is 10.6 Å². The van der Waals surface area contributed by atoms with Crippen molar-refractivity contribution in [3.05, 3.63) is 30.3 Å². The average Bonchev–Trinajstić information content (AvgIpc) is 2.69. The zero-order valence-corrected chi connectivity index (χ0v) is 13.8. The first-order valence-corrected chi connectivity index (χ1v) is 8.98. The smallest absolute Gasteiger partial charge is 0.241 e. The standard InChI is InChI=1S/C15H21N3O4S/c1-11(14(16)19)18-10-6-5-9-13(15(18)20)17-23(21,22)12-7-3-2-4-8-12/h2-4,7-8,11,13,17H,5-6,9-10H2,1H3,(H2,16,19). The maximum atomic E-state index is 12.6. The highest BCUT2D eigenvalue weighted by molar-refractivity contribution is 7.89. The minimum absolute atomic E-state index is 0.103. The summed E-state index contributed by atoms with van der Waals surface area (Å²) in [6.07, 6.45) is 1.79. The number of likely N-dealkylation sites (tertiary alicyclic amines) is 1. The summed E-state index contributed by atoms with van der Waals surface area (Å²) in [6, 6.07) is 6.23. The van der Waals surface area contributed by atoms with E-state index in [1.165, 1.54) is 17.0 Å². The Morgan fingerprint density at radius 3 is 2.57 bits per heavy atom. The molecule has 0 saturated carbocycles. The Morgan fingerprint density at radius 2 is 1.96 bits per heavy atom. The second-order valence-corrected chi connectivity index (χ2v) is 7.31. The molecule has 2 rings (SSSR count). The van der Waals surface area contributed by atoms with Crippen LogP contribution in [-0.2, 0) is 19.6 Å². The van der Waals surface area contributed by atoms with Gasteiger partial charge in [0.2, 0.25) is 21.8 Å². The number of sulfonamides is 1. The van der Waals surface area contributed by atoms with Gasteiger partial charge in [-0.2, -0.15) is 4.72 Å². The number of carbonyl (C=O) groups excluding carboxylic acids is 2. The molecule has 0 aromatic heterocycles. The van der Waals surface area contributed by atoms with Gasteiger partial charge in [-0.25, -0.2) is 8.42 Å². The van der Waals surface area contributed by atoms with Gasteiger partial charge >= 0.3 is 0 Å². The predicted molar refractivity (Wildman–Crippen MR) is 84.8 cm³/mol. The van der Waals surface area contributed by atoms with Crippen LogP contribution in [0.4, 0.5) is 0 Å². The van der Waals surface area contributed by atoms with Crippen LogP contribution in [0.25, 0.3) is 0 Å². The molecule has 1 aliphatic rings. The second-order valence-electron chi connectivity index (χ2n) is 5.59. The summed E-state index contributed by atoms with van der Waals surface area (Å²) in [6.45, 7) is 1.95. The number of nitrogens with zero attached hydrogens (tertiary/aromatic N) is 1. The Kier molecular flexibility index (Phi) is 5.38. The molecular formula is C15H21N3O4S. The highest BCUT2D eigenvalue weighted by Crippen LogP contribution is 2.17. The van der Waals surface area contributed by atoms with Crippen LogP contribution in [0, 0.1) is 0 Å². The molecule has 0 spiro atoms. The summed E-state index contributed by atoms with van der Waals surface area (Å²) in [5.74, 6) is -1.02. The monoisotopic (exact) mass is 339 g/mol. The normalized spacial score (nSPS) is 20.8. The third-order valence-electron chi connectivity index (χ3n) is 3.95. The third kappa shape index (κ3) is 4.08. The third-order valence-corrected chi connectivity index (χ3v) is 5.44. The highest BCUT2D eigenvalue weighted by atomic mass is 32.2. The number of primary amides is 1. The molecule has 7 nitrogen and oxygen atoms in total. The zero-order chi connectivity index (χ0) is 17.0. The van der Waals surface area contributed by atoms with Gasteiger partial charge in [0.1, 0.15) is 12.1 Å². The maximum absolute atomic E-state index is 12.6. The van der Waals surface area contributed by atoms with E-state index in [-0.39, 0.29) is 4.90 Å². The largest absolute Gasteiger partial charge is 0.368 e. The Bertz CT molecular complexity index is 675. The van der Waals surface area contributed by atoms with Crippen molar-refractivity contribution in [3.8, 4) is 0 Å². The molecule has 1 aromatic rings. The fourth-order valence-electron chi connectivity index (χ4n) is 2.57. The van der Waals surface area contributed by atoms with Gasteiger partial charge in [-0.1, -0.05) is 18.2 Å². The number of nitrogens with one attached hydrogen (secondary N) is 1. The van der Waals surface area contributed by atoms with Gasteiger partial charge in [0.15, 0.2) is 0 Å². The lowest BCUT2D eigenvalue weighted by Gasteiger charge is -2.28. The molecule has 2 amide bonds. The van der Waals surface area contributed by atoms with E-state index in [9.17, 15) is 18.0 Å². The lowest BCUT2D eigenvalue weighted by Crippen LogP contribution is -2.53. The molecule has 0 radical (unpaired) electrons. The summed E-state index contributed by atoms with van der Waals surface area (Å²) < 4.78 is 27.2. The summed E-state index contributed by atoms with van der Waals surface area (Å²) in [5.41, 5.74) is 5.27. The molecule has 126 valence electrons. The first-order valence-electron chi connectivity index (χ1n) is 7.50. The van der Waals surface area contributed by atoms with E-state index in [4.69, 9.17) is 5.73 Å². The fourth-order valence-corrected chi connectivity index (χ4v) is 3.81. The van der Waals surface area contributed by atoms with Crippen LogP contribution >= 0.6 is 0 Å². The van der Waals surface area contributed by atoms with E-state index < -0.39 is 33.9 Å². The highest BCUT2D eigenvalue weighted by Gasteiger charge is 2.34. The number of nitrogens with two attached hydrogens (primary N) is 1. The van der Waals surface area contributed by atoms with Crippen molar-refractivity contribution < 1.29 is 18.0 Å². The van der Waals surface area contributed by atoms with Gasteiger partial charge in [-0.05, 0) is 38.3 Å². The molecule has 3 N–H and O–H groups in total. The van der Waals surface area contributed by atoms with Gasteiger partial charge in [-0.3, -0.25) is 9.59 Å². The van der Waals surface area contributed by atoms with Crippen LogP contribution in [0.3, 0.4) is 0 Å². The molecule has 23 heavy (non-hydrogen) atoms. The molecule has 0 bridgehead atoms. The van der Waals surface area contributed by atoms with Gasteiger partial charge in [-0.15, -0.1) is 0 Å². The van der Waals surface area contributed by atoms with Crippen molar-refractivity contribution in [2.45, 2.75) is 43.2 Å². The minimum atomic E-state index is -3.79. The molecule has 8 heteroatoms. The predicted octanol–water partition coefficient (Wildman–Crippen LogP) is 0.220. The number of benzene rings is 1. The lowest BCUT2D eigenvalue weighted by atomic mass is 10.1. The van der Waals surface area contributed by atoms with E-state index in [1.807, 2.05) is 0 Å². The Morgan fingerprint density at radius 1 is 1.30 bits per heavy atom. The quantitative estimate of drug-likeness (QED) is 0.799. The second kappa shape index (κ2) is 7.10. The van der Waals surface area contributed by atoms with E-state index in [1.54, 1.807) is 25.1 Å². The minimum Gasteiger partial charge on any atom is -0.368 e. The molecular weight excluding hydrogens is 318 g/mol. The SMILES string of the molecule is CC(C(N)=O)N1CCCCC(NS(=O)(=O)c2ccccc2)C1=O. The van der Waals surface area contributed by atoms with Crippen LogP contribution in [0.15, 0.2) is 35.2 Å². The number of hydrogen-bond acceptors (Lipinski definition) is 4. The Balaban J connectivity index is 2.21. The molecule has 0 aliphatic carbocycles. The molecule has 1 heterocycles. The van der Waals surface area contributed by atoms with Crippen molar-refractivity contribution in [2.75, 3.05) is 6.54 Å². The van der Waals surface area contributed by atoms with Crippen molar-refractivity contribution in [1.29, 1.82) is 0 Å². The number of rotatable bonds is 5. The van der Waals surface area contributed by atoms with E-state index in [0.717, 1.165) is 0 Å². The van der Waals surface area contributed by atoms with Crippen LogP contribution in [0.5, 0.6) is 0 Å². The molecule has 1 saturated heterocycles.